The summed E-state index contributed by atoms with van der Waals surface area (Å²) in [4.78, 5) is 33.8. The van der Waals surface area contributed by atoms with Crippen LogP contribution in [0.3, 0.4) is 0 Å². The lowest BCUT2D eigenvalue weighted by atomic mass is 9.99. The predicted molar refractivity (Wildman–Crippen MR) is 138 cm³/mol. The van der Waals surface area contributed by atoms with E-state index in [1.807, 2.05) is 52.4 Å². The monoisotopic (exact) mass is 491 g/mol. The number of hydrogen-bond acceptors (Lipinski definition) is 7. The topological polar surface area (TPSA) is 95.5 Å². The number of hydrogen-bond donors (Lipinski definition) is 2. The number of methoxy groups -OCH3 is 1. The Bertz CT molecular complexity index is 1070. The van der Waals surface area contributed by atoms with Crippen LogP contribution in [0.1, 0.15) is 34.7 Å². The molecular weight excluding hydrogens is 458 g/mol. The number of aliphatic imine (C=N–C) groups is 1. The van der Waals surface area contributed by atoms with E-state index in [4.69, 9.17) is 9.47 Å². The SMILES string of the molecule is COc1ccc(C2C=NC(Nc3ccc(C(=O)N4CCN(C(=O)C5CCCO5)CC4)cc3)NC2)cc1. The Kier molecular flexibility index (Phi) is 7.48. The van der Waals surface area contributed by atoms with Crippen LogP contribution in [-0.4, -0.2) is 86.7 Å². The molecule has 190 valence electrons. The number of nitrogens with zero attached hydrogens (tertiary/aromatic N) is 3. The minimum Gasteiger partial charge on any atom is -0.497 e. The van der Waals surface area contributed by atoms with Crippen LogP contribution < -0.4 is 15.4 Å². The van der Waals surface area contributed by atoms with E-state index in [0.29, 0.717) is 38.3 Å². The molecule has 3 aliphatic rings. The highest BCUT2D eigenvalue weighted by Crippen LogP contribution is 2.21. The van der Waals surface area contributed by atoms with Crippen molar-refractivity contribution >= 4 is 23.7 Å². The second-order valence-electron chi connectivity index (χ2n) is 9.33. The van der Waals surface area contributed by atoms with Crippen molar-refractivity contribution < 1.29 is 19.1 Å². The fourth-order valence-corrected chi connectivity index (χ4v) is 4.83. The molecule has 2 saturated heterocycles. The molecule has 2 aromatic carbocycles. The van der Waals surface area contributed by atoms with Crippen molar-refractivity contribution in [2.24, 2.45) is 4.99 Å². The van der Waals surface area contributed by atoms with Gasteiger partial charge < -0.3 is 24.6 Å². The Labute approximate surface area is 211 Å². The minimum atomic E-state index is -0.302. The third-order valence-electron chi connectivity index (χ3n) is 7.01. The second kappa shape index (κ2) is 11.1. The summed E-state index contributed by atoms with van der Waals surface area (Å²) in [7, 11) is 1.66. The third-order valence-corrected chi connectivity index (χ3v) is 7.01. The minimum absolute atomic E-state index is 0.0121. The molecule has 0 saturated carbocycles. The van der Waals surface area contributed by atoms with Crippen molar-refractivity contribution in [3.05, 3.63) is 59.7 Å². The molecule has 0 bridgehead atoms. The first kappa shape index (κ1) is 24.3. The van der Waals surface area contributed by atoms with Crippen LogP contribution in [0.25, 0.3) is 0 Å². The molecule has 3 aliphatic heterocycles. The van der Waals surface area contributed by atoms with Crippen LogP contribution in [-0.2, 0) is 9.53 Å². The molecule has 0 aromatic heterocycles. The van der Waals surface area contributed by atoms with Gasteiger partial charge >= 0.3 is 0 Å². The van der Waals surface area contributed by atoms with Crippen LogP contribution >= 0.6 is 0 Å². The summed E-state index contributed by atoms with van der Waals surface area (Å²) in [5, 5.41) is 6.76. The molecule has 0 spiro atoms. The molecule has 9 nitrogen and oxygen atoms in total. The van der Waals surface area contributed by atoms with Crippen LogP contribution in [0.5, 0.6) is 5.75 Å². The maximum Gasteiger partial charge on any atom is 0.253 e. The average molecular weight is 492 g/mol. The highest BCUT2D eigenvalue weighted by molar-refractivity contribution is 5.94. The number of amides is 2. The van der Waals surface area contributed by atoms with E-state index in [2.05, 4.69) is 27.8 Å². The molecule has 3 atom stereocenters. The van der Waals surface area contributed by atoms with Gasteiger partial charge in [0.05, 0.1) is 7.11 Å². The smallest absolute Gasteiger partial charge is 0.253 e. The average Bonchev–Trinajstić information content (AvgIpc) is 3.49. The van der Waals surface area contributed by atoms with Gasteiger partial charge in [0.15, 0.2) is 6.29 Å². The normalized spacial score (nSPS) is 24.0. The molecule has 3 heterocycles. The molecule has 0 radical (unpaired) electrons. The van der Waals surface area contributed by atoms with Gasteiger partial charge in [-0.3, -0.25) is 19.9 Å². The molecular formula is C27H33N5O4. The van der Waals surface area contributed by atoms with Gasteiger partial charge in [0.2, 0.25) is 0 Å². The Hall–Kier alpha value is -3.43. The first-order valence-corrected chi connectivity index (χ1v) is 12.6. The number of benzene rings is 2. The first-order chi connectivity index (χ1) is 17.6. The lowest BCUT2D eigenvalue weighted by Crippen LogP contribution is -2.52. The Morgan fingerprint density at radius 1 is 1.03 bits per heavy atom. The van der Waals surface area contributed by atoms with Gasteiger partial charge in [-0.15, -0.1) is 0 Å². The molecule has 0 aliphatic carbocycles. The molecule has 5 rings (SSSR count). The number of nitrogens with one attached hydrogen (secondary N) is 2. The lowest BCUT2D eigenvalue weighted by Gasteiger charge is -2.35. The highest BCUT2D eigenvalue weighted by Gasteiger charge is 2.31. The van der Waals surface area contributed by atoms with E-state index >= 15 is 0 Å². The van der Waals surface area contributed by atoms with Crippen LogP contribution in [0.4, 0.5) is 5.69 Å². The van der Waals surface area contributed by atoms with Gasteiger partial charge in [-0.05, 0) is 54.8 Å². The van der Waals surface area contributed by atoms with E-state index < -0.39 is 0 Å². The summed E-state index contributed by atoms with van der Waals surface area (Å²) >= 11 is 0. The number of rotatable bonds is 6. The Morgan fingerprint density at radius 2 is 1.75 bits per heavy atom. The van der Waals surface area contributed by atoms with E-state index in [-0.39, 0.29) is 30.1 Å². The van der Waals surface area contributed by atoms with Gasteiger partial charge in [0.25, 0.3) is 11.8 Å². The fourth-order valence-electron chi connectivity index (χ4n) is 4.83. The van der Waals surface area contributed by atoms with Crippen LogP contribution in [0, 0.1) is 0 Å². The van der Waals surface area contributed by atoms with Gasteiger partial charge in [0, 0.05) is 62.7 Å². The summed E-state index contributed by atoms with van der Waals surface area (Å²) in [6.07, 6.45) is 3.17. The maximum atomic E-state index is 13.0. The molecule has 3 unspecified atom stereocenters. The first-order valence-electron chi connectivity index (χ1n) is 12.6. The summed E-state index contributed by atoms with van der Waals surface area (Å²) < 4.78 is 10.7. The van der Waals surface area contributed by atoms with Crippen molar-refractivity contribution in [1.29, 1.82) is 0 Å². The molecule has 2 fully saturated rings. The molecule has 2 N–H and O–H groups in total. The van der Waals surface area contributed by atoms with Crippen molar-refractivity contribution in [3.63, 3.8) is 0 Å². The number of anilines is 1. The summed E-state index contributed by atoms with van der Waals surface area (Å²) in [6.45, 7) is 3.60. The van der Waals surface area contributed by atoms with Crippen LogP contribution in [0.15, 0.2) is 53.5 Å². The molecule has 2 amide bonds. The lowest BCUT2D eigenvalue weighted by molar-refractivity contribution is -0.142. The maximum absolute atomic E-state index is 13.0. The quantitative estimate of drug-likeness (QED) is 0.644. The van der Waals surface area contributed by atoms with E-state index in [9.17, 15) is 9.59 Å². The largest absolute Gasteiger partial charge is 0.497 e. The van der Waals surface area contributed by atoms with Gasteiger partial charge in [0.1, 0.15) is 11.9 Å². The van der Waals surface area contributed by atoms with Crippen LogP contribution in [0.2, 0.25) is 0 Å². The predicted octanol–water partition coefficient (Wildman–Crippen LogP) is 2.31. The standard InChI is InChI=1S/C27H33N5O4/c1-35-23-10-6-19(7-11-23)21-17-28-27(29-18-21)30-22-8-4-20(5-9-22)25(33)31-12-14-32(15-13-31)26(34)24-3-2-16-36-24/h4-11,17,21,24,27,29-30H,2-3,12-16,18H2,1H3. The Morgan fingerprint density at radius 3 is 2.36 bits per heavy atom. The Balaban J connectivity index is 1.10. The van der Waals surface area contributed by atoms with E-state index in [1.165, 1.54) is 5.56 Å². The summed E-state index contributed by atoms with van der Waals surface area (Å²) in [5.41, 5.74) is 2.71. The molecule has 2 aromatic rings. The number of ether oxygens (including phenoxy) is 2. The molecule has 9 heteroatoms. The number of carbonyl (C=O) groups is 2. The molecule has 36 heavy (non-hydrogen) atoms. The highest BCUT2D eigenvalue weighted by atomic mass is 16.5. The number of piperazine rings is 1. The third kappa shape index (κ3) is 5.52. The van der Waals surface area contributed by atoms with Crippen molar-refractivity contribution in [1.82, 2.24) is 15.1 Å². The van der Waals surface area contributed by atoms with Gasteiger partial charge in [-0.2, -0.15) is 0 Å². The van der Waals surface area contributed by atoms with E-state index in [0.717, 1.165) is 30.8 Å². The zero-order chi connectivity index (χ0) is 24.9. The van der Waals surface area contributed by atoms with Crippen molar-refractivity contribution in [3.8, 4) is 5.75 Å². The zero-order valence-corrected chi connectivity index (χ0v) is 20.6. The fraction of sp³-hybridized carbons (Fsp3) is 0.444. The van der Waals surface area contributed by atoms with Crippen molar-refractivity contribution in [2.45, 2.75) is 31.2 Å². The van der Waals surface area contributed by atoms with E-state index in [1.54, 1.807) is 7.11 Å². The van der Waals surface area contributed by atoms with Gasteiger partial charge in [-0.1, -0.05) is 12.1 Å². The second-order valence-corrected chi connectivity index (χ2v) is 9.33. The summed E-state index contributed by atoms with van der Waals surface area (Å²) in [5.74, 6) is 1.09. The summed E-state index contributed by atoms with van der Waals surface area (Å²) in [6, 6.07) is 15.5. The van der Waals surface area contributed by atoms with Gasteiger partial charge in [-0.25, -0.2) is 0 Å². The number of carbonyl (C=O) groups excluding carboxylic acids is 2. The van der Waals surface area contributed by atoms with Crippen molar-refractivity contribution in [2.75, 3.05) is 51.8 Å². The zero-order valence-electron chi connectivity index (χ0n) is 20.6.